The molecule has 0 fully saturated rings. The number of unbranched alkanes of at least 4 members (excludes halogenated alkanes) is 15. The van der Waals surface area contributed by atoms with Crippen molar-refractivity contribution in [2.24, 2.45) is 0 Å². The van der Waals surface area contributed by atoms with E-state index in [4.69, 9.17) is 0 Å². The molecule has 0 aliphatic heterocycles. The van der Waals surface area contributed by atoms with Crippen LogP contribution in [0.25, 0.3) is 0 Å². The molecule has 0 radical (unpaired) electrons. The van der Waals surface area contributed by atoms with Crippen LogP contribution in [-0.2, 0) is 0 Å². The SMILES string of the molecule is CCCCCCCCCCCCCCCCCC[N+](C)(C)C(C)(C)C([NH3+])CC.[Br-].[Br-]. The zero-order chi connectivity index (χ0) is 21.3. The van der Waals surface area contributed by atoms with Gasteiger partial charge in [0.2, 0.25) is 0 Å². The van der Waals surface area contributed by atoms with Crippen molar-refractivity contribution < 1.29 is 44.2 Å². The molecule has 4 heteroatoms. The summed E-state index contributed by atoms with van der Waals surface area (Å²) in [6.45, 7) is 10.7. The van der Waals surface area contributed by atoms with Gasteiger partial charge in [-0.3, -0.25) is 0 Å². The predicted molar refractivity (Wildman–Crippen MR) is 128 cm³/mol. The van der Waals surface area contributed by atoms with Gasteiger partial charge in [-0.25, -0.2) is 0 Å². The normalized spacial score (nSPS) is 12.9. The Bertz CT molecular complexity index is 346. The van der Waals surface area contributed by atoms with Crippen molar-refractivity contribution in [3.63, 3.8) is 0 Å². The Morgan fingerprint density at radius 2 is 0.900 bits per heavy atom. The number of rotatable bonds is 20. The minimum Gasteiger partial charge on any atom is -1.00 e. The molecule has 0 amide bonds. The van der Waals surface area contributed by atoms with Crippen LogP contribution >= 0.6 is 0 Å². The monoisotopic (exact) mass is 556 g/mol. The van der Waals surface area contributed by atoms with Crippen LogP contribution in [0.3, 0.4) is 0 Å². The van der Waals surface area contributed by atoms with Crippen molar-refractivity contribution in [1.82, 2.24) is 0 Å². The summed E-state index contributed by atoms with van der Waals surface area (Å²) in [4.78, 5) is 0. The number of halogens is 2. The van der Waals surface area contributed by atoms with Crippen molar-refractivity contribution in [3.05, 3.63) is 0 Å². The summed E-state index contributed by atoms with van der Waals surface area (Å²) < 4.78 is 1.10. The van der Waals surface area contributed by atoms with Gasteiger partial charge in [0.1, 0.15) is 11.6 Å². The molecule has 0 aliphatic rings. The molecular formula is C26H58Br2N2. The second-order valence-corrected chi connectivity index (χ2v) is 10.5. The average Bonchev–Trinajstić information content (AvgIpc) is 2.66. The number of likely N-dealkylation sites (N-methyl/N-ethyl adjacent to an activating group) is 1. The molecule has 0 saturated carbocycles. The van der Waals surface area contributed by atoms with Crippen LogP contribution in [0.5, 0.6) is 0 Å². The number of hydrogen-bond donors (Lipinski definition) is 1. The summed E-state index contributed by atoms with van der Waals surface area (Å²) >= 11 is 0. The van der Waals surface area contributed by atoms with E-state index in [9.17, 15) is 0 Å². The summed E-state index contributed by atoms with van der Waals surface area (Å²) in [6, 6.07) is 0.531. The zero-order valence-corrected chi connectivity index (χ0v) is 24.9. The smallest absolute Gasteiger partial charge is 0.145 e. The lowest BCUT2D eigenvalue weighted by atomic mass is 9.89. The molecule has 0 aromatic carbocycles. The number of quaternary nitrogens is 2. The fourth-order valence-corrected chi connectivity index (χ4v) is 4.34. The van der Waals surface area contributed by atoms with Crippen LogP contribution in [0.15, 0.2) is 0 Å². The lowest BCUT2D eigenvalue weighted by molar-refractivity contribution is -0.949. The van der Waals surface area contributed by atoms with Gasteiger partial charge in [-0.05, 0) is 26.7 Å². The van der Waals surface area contributed by atoms with Crippen LogP contribution in [0.4, 0.5) is 0 Å². The fraction of sp³-hybridized carbons (Fsp3) is 1.00. The standard InChI is InChI=1S/C26H57N2.2BrH/c1-7-9-10-11-12-13-14-15-16-17-18-19-20-21-22-23-24-28(5,6)26(3,4)25(27)8-2;;/h25H,7-24,27H2,1-6H3;2*1H/q+1;;/p-1. The maximum absolute atomic E-state index is 4.40. The molecule has 30 heavy (non-hydrogen) atoms. The molecule has 186 valence electrons. The molecule has 0 bridgehead atoms. The summed E-state index contributed by atoms with van der Waals surface area (Å²) in [6.07, 6.45) is 24.3. The summed E-state index contributed by atoms with van der Waals surface area (Å²) in [5.74, 6) is 0. The van der Waals surface area contributed by atoms with E-state index in [1.807, 2.05) is 0 Å². The highest BCUT2D eigenvalue weighted by Crippen LogP contribution is 2.25. The van der Waals surface area contributed by atoms with Gasteiger partial charge in [0.15, 0.2) is 0 Å². The Morgan fingerprint density at radius 1 is 0.600 bits per heavy atom. The van der Waals surface area contributed by atoms with Gasteiger partial charge in [0.25, 0.3) is 0 Å². The van der Waals surface area contributed by atoms with Crippen molar-refractivity contribution in [3.8, 4) is 0 Å². The molecule has 1 unspecified atom stereocenters. The molecule has 2 nitrogen and oxygen atoms in total. The molecule has 3 N–H and O–H groups in total. The Kier molecular flexibility index (Phi) is 25.7. The first-order valence-corrected chi connectivity index (χ1v) is 13.0. The van der Waals surface area contributed by atoms with Crippen LogP contribution in [0, 0.1) is 0 Å². The predicted octanol–water partition coefficient (Wildman–Crippen LogP) is 1.13. The van der Waals surface area contributed by atoms with E-state index in [1.54, 1.807) is 0 Å². The molecule has 0 aliphatic carbocycles. The maximum Gasteiger partial charge on any atom is 0.145 e. The third kappa shape index (κ3) is 16.5. The van der Waals surface area contributed by atoms with Crippen LogP contribution in [-0.4, -0.2) is 36.7 Å². The second-order valence-electron chi connectivity index (χ2n) is 10.5. The maximum atomic E-state index is 4.40. The van der Waals surface area contributed by atoms with Crippen LogP contribution in [0.2, 0.25) is 0 Å². The third-order valence-corrected chi connectivity index (χ3v) is 7.62. The quantitative estimate of drug-likeness (QED) is 0.172. The van der Waals surface area contributed by atoms with Crippen molar-refractivity contribution in [2.45, 2.75) is 148 Å². The highest BCUT2D eigenvalue weighted by molar-refractivity contribution is 4.77. The molecular weight excluding hydrogens is 500 g/mol. The zero-order valence-electron chi connectivity index (χ0n) is 21.7. The van der Waals surface area contributed by atoms with E-state index in [0.29, 0.717) is 6.04 Å². The van der Waals surface area contributed by atoms with E-state index >= 15 is 0 Å². The van der Waals surface area contributed by atoms with E-state index in [-0.39, 0.29) is 39.5 Å². The van der Waals surface area contributed by atoms with Gasteiger partial charge >= 0.3 is 0 Å². The lowest BCUT2D eigenvalue weighted by Gasteiger charge is -2.46. The van der Waals surface area contributed by atoms with Gasteiger partial charge in [-0.15, -0.1) is 0 Å². The van der Waals surface area contributed by atoms with Crippen molar-refractivity contribution in [2.75, 3.05) is 20.6 Å². The molecule has 0 saturated heterocycles. The fourth-order valence-electron chi connectivity index (χ4n) is 4.34. The van der Waals surface area contributed by atoms with E-state index in [0.717, 1.165) is 4.48 Å². The Labute approximate surface area is 212 Å². The Balaban J connectivity index is -0.00000364. The minimum absolute atomic E-state index is 0. The second kappa shape index (κ2) is 21.7. The highest BCUT2D eigenvalue weighted by atomic mass is 79.9. The molecule has 0 heterocycles. The molecule has 0 rings (SSSR count). The lowest BCUT2D eigenvalue weighted by Crippen LogP contribution is -3.00. The van der Waals surface area contributed by atoms with E-state index in [2.05, 4.69) is 47.5 Å². The largest absolute Gasteiger partial charge is 1.00 e. The molecule has 0 aromatic rings. The Morgan fingerprint density at radius 3 is 1.20 bits per heavy atom. The van der Waals surface area contributed by atoms with Gasteiger partial charge in [0.05, 0.1) is 20.6 Å². The molecule has 0 aromatic heterocycles. The first kappa shape index (κ1) is 35.5. The van der Waals surface area contributed by atoms with E-state index in [1.165, 1.54) is 116 Å². The molecule has 1 atom stereocenters. The van der Waals surface area contributed by atoms with Crippen LogP contribution < -0.4 is 39.7 Å². The number of nitrogens with zero attached hydrogens (tertiary/aromatic N) is 1. The van der Waals surface area contributed by atoms with Crippen molar-refractivity contribution in [1.29, 1.82) is 0 Å². The van der Waals surface area contributed by atoms with Gasteiger partial charge in [-0.1, -0.05) is 104 Å². The third-order valence-electron chi connectivity index (χ3n) is 7.62. The highest BCUT2D eigenvalue weighted by Gasteiger charge is 2.43. The average molecular weight is 559 g/mol. The first-order valence-electron chi connectivity index (χ1n) is 13.0. The summed E-state index contributed by atoms with van der Waals surface area (Å²) in [5, 5.41) is 0. The van der Waals surface area contributed by atoms with Crippen LogP contribution in [0.1, 0.15) is 137 Å². The topological polar surface area (TPSA) is 27.6 Å². The van der Waals surface area contributed by atoms with Gasteiger partial charge in [0, 0.05) is 6.42 Å². The number of hydrogen-bond acceptors (Lipinski definition) is 0. The first-order chi connectivity index (χ1) is 13.3. The molecule has 0 spiro atoms. The Hall–Kier alpha value is 0.880. The minimum atomic E-state index is 0. The summed E-state index contributed by atoms with van der Waals surface area (Å²) in [5.41, 5.74) is 4.67. The van der Waals surface area contributed by atoms with Gasteiger partial charge in [-0.2, -0.15) is 0 Å². The van der Waals surface area contributed by atoms with E-state index < -0.39 is 0 Å². The summed E-state index contributed by atoms with van der Waals surface area (Å²) in [7, 11) is 4.80. The van der Waals surface area contributed by atoms with Crippen molar-refractivity contribution >= 4 is 0 Å². The van der Waals surface area contributed by atoms with Gasteiger partial charge < -0.3 is 44.2 Å².